The second-order valence-corrected chi connectivity index (χ2v) is 5.79. The van der Waals surface area contributed by atoms with Crippen LogP contribution in [-0.4, -0.2) is 51.1 Å². The topological polar surface area (TPSA) is 96.1 Å². The normalized spacial score (nSPS) is 20.4. The number of hydrogen-bond donors (Lipinski definition) is 1. The highest BCUT2D eigenvalue weighted by Gasteiger charge is 2.39. The highest BCUT2D eigenvalue weighted by molar-refractivity contribution is 5.78. The number of carbonyl (C=O) groups excluding carboxylic acids is 1. The first-order valence-corrected chi connectivity index (χ1v) is 8.12. The molecule has 0 bridgehead atoms. The number of nitriles is 1. The predicted octanol–water partition coefficient (Wildman–Crippen LogP) is 1.09. The van der Waals surface area contributed by atoms with Gasteiger partial charge in [0, 0.05) is 44.4 Å². The molecule has 1 aliphatic rings. The lowest BCUT2D eigenvalue weighted by molar-refractivity contribution is -0.156. The Bertz CT molecular complexity index is 796. The number of anilines is 1. The molecule has 0 aromatic carbocycles. The van der Waals surface area contributed by atoms with Crippen LogP contribution in [0.4, 0.5) is 5.69 Å². The van der Waals surface area contributed by atoms with Crippen LogP contribution in [0.15, 0.2) is 30.7 Å². The Balaban J connectivity index is 1.81. The van der Waals surface area contributed by atoms with Gasteiger partial charge in [0.2, 0.25) is 5.91 Å². The van der Waals surface area contributed by atoms with Gasteiger partial charge in [-0.15, -0.1) is 0 Å². The van der Waals surface area contributed by atoms with Gasteiger partial charge in [-0.25, -0.2) is 9.97 Å². The largest absolute Gasteiger partial charge is 0.382 e. The van der Waals surface area contributed by atoms with Crippen LogP contribution in [0, 0.1) is 11.3 Å². The minimum absolute atomic E-state index is 0.0394. The first kappa shape index (κ1) is 16.9. The first-order valence-electron chi connectivity index (χ1n) is 8.12. The average Bonchev–Trinajstić information content (AvgIpc) is 3.06. The van der Waals surface area contributed by atoms with Crippen molar-refractivity contribution in [1.82, 2.24) is 19.4 Å². The third-order valence-electron chi connectivity index (χ3n) is 4.27. The summed E-state index contributed by atoms with van der Waals surface area (Å²) >= 11 is 0. The zero-order valence-corrected chi connectivity index (χ0v) is 14.2. The van der Waals surface area contributed by atoms with E-state index in [0.717, 1.165) is 11.5 Å². The Kier molecular flexibility index (Phi) is 4.95. The third kappa shape index (κ3) is 3.46. The Hall–Kier alpha value is -2.92. The zero-order chi connectivity index (χ0) is 17.8. The van der Waals surface area contributed by atoms with Crippen molar-refractivity contribution in [1.29, 1.82) is 5.26 Å². The minimum Gasteiger partial charge on any atom is -0.382 e. The number of pyridine rings is 1. The minimum atomic E-state index is -0.268. The summed E-state index contributed by atoms with van der Waals surface area (Å²) in [4.78, 5) is 22.4. The lowest BCUT2D eigenvalue weighted by Crippen LogP contribution is -2.51. The highest BCUT2D eigenvalue weighted by Crippen LogP contribution is 2.29. The molecule has 0 radical (unpaired) electrons. The number of imidazole rings is 1. The zero-order valence-electron chi connectivity index (χ0n) is 14.2. The maximum absolute atomic E-state index is 12.2. The fourth-order valence-corrected chi connectivity index (χ4v) is 3.04. The van der Waals surface area contributed by atoms with Gasteiger partial charge in [0.1, 0.15) is 36.3 Å². The van der Waals surface area contributed by atoms with Crippen LogP contribution in [0.1, 0.15) is 24.5 Å². The summed E-state index contributed by atoms with van der Waals surface area (Å²) in [5.74, 6) is 0.747. The molecular weight excluding hydrogens is 320 g/mol. The average molecular weight is 340 g/mol. The van der Waals surface area contributed by atoms with E-state index in [1.54, 1.807) is 29.4 Å². The maximum Gasteiger partial charge on any atom is 0.249 e. The SMILES string of the molecule is CCN1C(=O)CO[C@@H](CNc2ccnc(C#N)c2)[C@@H]1c1nccn1C. The Morgan fingerprint density at radius 1 is 1.44 bits per heavy atom. The summed E-state index contributed by atoms with van der Waals surface area (Å²) < 4.78 is 7.71. The molecule has 2 aromatic heterocycles. The Morgan fingerprint density at radius 2 is 2.28 bits per heavy atom. The molecule has 130 valence electrons. The van der Waals surface area contributed by atoms with Gasteiger partial charge in [-0.2, -0.15) is 5.26 Å². The second kappa shape index (κ2) is 7.32. The Labute approximate surface area is 146 Å². The third-order valence-corrected chi connectivity index (χ3v) is 4.27. The summed E-state index contributed by atoms with van der Waals surface area (Å²) in [6.07, 6.45) is 4.90. The van der Waals surface area contributed by atoms with Crippen LogP contribution in [0.2, 0.25) is 0 Å². The van der Waals surface area contributed by atoms with Gasteiger partial charge in [0.25, 0.3) is 0 Å². The van der Waals surface area contributed by atoms with Crippen molar-refractivity contribution < 1.29 is 9.53 Å². The summed E-state index contributed by atoms with van der Waals surface area (Å²) in [5.41, 5.74) is 1.13. The van der Waals surface area contributed by atoms with E-state index >= 15 is 0 Å². The summed E-state index contributed by atoms with van der Waals surface area (Å²) in [7, 11) is 1.90. The number of rotatable bonds is 5. The molecular formula is C17H20N6O2. The lowest BCUT2D eigenvalue weighted by atomic mass is 10.1. The highest BCUT2D eigenvalue weighted by atomic mass is 16.5. The molecule has 25 heavy (non-hydrogen) atoms. The van der Waals surface area contributed by atoms with E-state index in [1.807, 2.05) is 30.8 Å². The van der Waals surface area contributed by atoms with Crippen molar-refractivity contribution in [2.45, 2.75) is 19.1 Å². The van der Waals surface area contributed by atoms with E-state index in [9.17, 15) is 4.79 Å². The van der Waals surface area contributed by atoms with Gasteiger partial charge in [-0.1, -0.05) is 0 Å². The number of ether oxygens (including phenoxy) is 1. The van der Waals surface area contributed by atoms with Gasteiger partial charge in [0.05, 0.1) is 0 Å². The summed E-state index contributed by atoms with van der Waals surface area (Å²) in [6, 6.07) is 5.23. The van der Waals surface area contributed by atoms with E-state index in [2.05, 4.69) is 15.3 Å². The lowest BCUT2D eigenvalue weighted by Gasteiger charge is -2.40. The first-order chi connectivity index (χ1) is 12.1. The number of carbonyl (C=O) groups is 1. The maximum atomic E-state index is 12.2. The van der Waals surface area contributed by atoms with E-state index < -0.39 is 0 Å². The fourth-order valence-electron chi connectivity index (χ4n) is 3.04. The molecule has 1 amide bonds. The van der Waals surface area contributed by atoms with E-state index in [4.69, 9.17) is 10.00 Å². The molecule has 1 aliphatic heterocycles. The number of nitrogens with zero attached hydrogens (tertiary/aromatic N) is 5. The standard InChI is InChI=1S/C17H20N6O2/c1-3-23-15(24)11-25-14(16(23)17-20-6-7-22(17)2)10-21-12-4-5-19-13(8-12)9-18/h4-8,14,16H,3,10-11H2,1-2H3,(H,19,21)/t14-,16+/m0/s1. The van der Waals surface area contributed by atoms with Crippen molar-refractivity contribution in [3.05, 3.63) is 42.2 Å². The van der Waals surface area contributed by atoms with Gasteiger partial charge in [-0.05, 0) is 19.1 Å². The molecule has 2 atom stereocenters. The molecule has 3 rings (SSSR count). The van der Waals surface area contributed by atoms with Crippen molar-refractivity contribution in [3.8, 4) is 6.07 Å². The van der Waals surface area contributed by atoms with Crippen LogP contribution < -0.4 is 5.32 Å². The predicted molar refractivity (Wildman–Crippen MR) is 90.5 cm³/mol. The van der Waals surface area contributed by atoms with Crippen molar-refractivity contribution in [2.24, 2.45) is 7.05 Å². The van der Waals surface area contributed by atoms with Crippen LogP contribution in [0.25, 0.3) is 0 Å². The molecule has 0 spiro atoms. The molecule has 1 fully saturated rings. The van der Waals surface area contributed by atoms with Gasteiger partial charge >= 0.3 is 0 Å². The second-order valence-electron chi connectivity index (χ2n) is 5.79. The molecule has 2 aromatic rings. The number of hydrogen-bond acceptors (Lipinski definition) is 6. The number of aryl methyl sites for hydroxylation is 1. The van der Waals surface area contributed by atoms with Gasteiger partial charge < -0.3 is 19.5 Å². The number of likely N-dealkylation sites (N-methyl/N-ethyl adjacent to an activating group) is 1. The van der Waals surface area contributed by atoms with Gasteiger partial charge in [-0.3, -0.25) is 4.79 Å². The van der Waals surface area contributed by atoms with E-state index in [1.165, 1.54) is 0 Å². The monoisotopic (exact) mass is 340 g/mol. The molecule has 0 saturated carbocycles. The molecule has 8 nitrogen and oxygen atoms in total. The van der Waals surface area contributed by atoms with Crippen LogP contribution in [0.5, 0.6) is 0 Å². The molecule has 0 unspecified atom stereocenters. The van der Waals surface area contributed by atoms with Crippen LogP contribution in [0.3, 0.4) is 0 Å². The quantitative estimate of drug-likeness (QED) is 0.875. The van der Waals surface area contributed by atoms with Crippen LogP contribution in [-0.2, 0) is 16.6 Å². The van der Waals surface area contributed by atoms with Gasteiger partial charge in [0.15, 0.2) is 0 Å². The summed E-state index contributed by atoms with van der Waals surface area (Å²) in [5, 5.41) is 12.2. The molecule has 8 heteroatoms. The smallest absolute Gasteiger partial charge is 0.249 e. The van der Waals surface area contributed by atoms with Crippen LogP contribution >= 0.6 is 0 Å². The van der Waals surface area contributed by atoms with E-state index in [-0.39, 0.29) is 24.7 Å². The molecule has 0 aliphatic carbocycles. The van der Waals surface area contributed by atoms with Crippen molar-refractivity contribution in [3.63, 3.8) is 0 Å². The molecule has 1 saturated heterocycles. The number of nitrogens with one attached hydrogen (secondary N) is 1. The fraction of sp³-hybridized carbons (Fsp3) is 0.412. The van der Waals surface area contributed by atoms with E-state index in [0.29, 0.717) is 18.8 Å². The van der Waals surface area contributed by atoms with Crippen molar-refractivity contribution >= 4 is 11.6 Å². The van der Waals surface area contributed by atoms with Crippen molar-refractivity contribution in [2.75, 3.05) is 25.0 Å². The molecule has 3 heterocycles. The number of amides is 1. The Morgan fingerprint density at radius 3 is 2.96 bits per heavy atom. The number of morpholine rings is 1. The number of aromatic nitrogens is 3. The summed E-state index contributed by atoms with van der Waals surface area (Å²) in [6.45, 7) is 3.08. The molecule has 1 N–H and O–H groups in total.